The molecule has 2 aromatic heterocycles. The second-order valence-corrected chi connectivity index (χ2v) is 12.8. The van der Waals surface area contributed by atoms with E-state index in [0.29, 0.717) is 32.7 Å². The number of benzene rings is 3. The van der Waals surface area contributed by atoms with Crippen molar-refractivity contribution in [2.75, 3.05) is 46.9 Å². The van der Waals surface area contributed by atoms with E-state index in [2.05, 4.69) is 14.9 Å². The van der Waals surface area contributed by atoms with Crippen molar-refractivity contribution >= 4 is 16.8 Å². The molecule has 3 aromatic carbocycles. The largest absolute Gasteiger partial charge is 0.507 e. The number of aromatic amines is 1. The first kappa shape index (κ1) is 31.5. The number of carbonyl (C=O) groups excluding carboxylic acids is 1. The van der Waals surface area contributed by atoms with Gasteiger partial charge in [0.05, 0.1) is 37.0 Å². The van der Waals surface area contributed by atoms with E-state index in [0.717, 1.165) is 70.2 Å². The summed E-state index contributed by atoms with van der Waals surface area (Å²) in [5.74, 6) is 0.0749. The number of carbonyl (C=O) groups is 1. The van der Waals surface area contributed by atoms with Gasteiger partial charge in [-0.2, -0.15) is 0 Å². The Hall–Kier alpha value is -4.53. The lowest BCUT2D eigenvalue weighted by atomic mass is 9.74. The normalized spacial score (nSPS) is 14.7. The number of aromatic hydroxyl groups is 1. The molecule has 6 rings (SSSR count). The predicted molar refractivity (Wildman–Crippen MR) is 180 cm³/mol. The maximum atomic E-state index is 13.6. The number of phenols is 1. The third-order valence-electron chi connectivity index (χ3n) is 9.13. The summed E-state index contributed by atoms with van der Waals surface area (Å²) < 4.78 is 19.7. The summed E-state index contributed by atoms with van der Waals surface area (Å²) in [4.78, 5) is 25.0. The van der Waals surface area contributed by atoms with Gasteiger partial charge in [0.2, 0.25) is 5.91 Å². The van der Waals surface area contributed by atoms with Crippen LogP contribution in [0.15, 0.2) is 91.3 Å². The Balaban J connectivity index is 1.09. The van der Waals surface area contributed by atoms with Crippen LogP contribution in [0.25, 0.3) is 33.3 Å². The molecule has 1 aliphatic heterocycles. The number of hydrogen-bond acceptors (Lipinski definition) is 5. The molecule has 5 aromatic rings. The standard InChI is InChI=1S/C38H41FN4O3/c1-42(2)20-21-46-26-38(24-28-8-12-31(39)13-9-28)15-18-43(19-16-38)36(44)22-27-6-10-29(11-7-27)32-4-3-5-33(37(32)45)34-23-30-14-17-40-25-35(30)41-34/h3-14,17,23,25,41,45H,15-16,18-22,24,26H2,1-2H3. The lowest BCUT2D eigenvalue weighted by molar-refractivity contribution is -0.133. The zero-order chi connectivity index (χ0) is 32.1. The molecule has 46 heavy (non-hydrogen) atoms. The van der Waals surface area contributed by atoms with Crippen LogP contribution in [0, 0.1) is 11.2 Å². The Morgan fingerprint density at radius 1 is 1.00 bits per heavy atom. The van der Waals surface area contributed by atoms with Crippen molar-refractivity contribution in [3.8, 4) is 28.1 Å². The maximum absolute atomic E-state index is 13.6. The highest BCUT2D eigenvalue weighted by atomic mass is 19.1. The van der Waals surface area contributed by atoms with Crippen molar-refractivity contribution in [2.45, 2.75) is 25.7 Å². The van der Waals surface area contributed by atoms with Gasteiger partial charge in [0, 0.05) is 47.8 Å². The van der Waals surface area contributed by atoms with Gasteiger partial charge in [-0.25, -0.2) is 4.39 Å². The van der Waals surface area contributed by atoms with E-state index in [9.17, 15) is 14.3 Å². The quantitative estimate of drug-likeness (QED) is 0.160. The summed E-state index contributed by atoms with van der Waals surface area (Å²) >= 11 is 0. The lowest BCUT2D eigenvalue weighted by Gasteiger charge is -2.42. The number of rotatable bonds is 11. The predicted octanol–water partition coefficient (Wildman–Crippen LogP) is 6.71. The second-order valence-electron chi connectivity index (χ2n) is 12.8. The van der Waals surface area contributed by atoms with Gasteiger partial charge in [0.25, 0.3) is 0 Å². The molecule has 0 bridgehead atoms. The van der Waals surface area contributed by atoms with Crippen LogP contribution in [0.2, 0.25) is 0 Å². The number of H-pyrrole nitrogens is 1. The van der Waals surface area contributed by atoms with E-state index in [1.807, 2.05) is 85.7 Å². The van der Waals surface area contributed by atoms with Crippen LogP contribution in [0.1, 0.15) is 24.0 Å². The van der Waals surface area contributed by atoms with Crippen molar-refractivity contribution in [3.05, 3.63) is 108 Å². The number of likely N-dealkylation sites (tertiary alicyclic amines) is 1. The minimum atomic E-state index is -0.234. The smallest absolute Gasteiger partial charge is 0.226 e. The van der Waals surface area contributed by atoms with Gasteiger partial charge in [0.1, 0.15) is 11.6 Å². The van der Waals surface area contributed by atoms with Crippen LogP contribution in [0.5, 0.6) is 5.75 Å². The van der Waals surface area contributed by atoms with Crippen LogP contribution in [0.3, 0.4) is 0 Å². The van der Waals surface area contributed by atoms with Crippen molar-refractivity contribution in [2.24, 2.45) is 5.41 Å². The molecule has 0 aliphatic carbocycles. The molecule has 1 fully saturated rings. The number of likely N-dealkylation sites (N-methyl/N-ethyl adjacent to an activating group) is 1. The average molecular weight is 621 g/mol. The maximum Gasteiger partial charge on any atom is 0.226 e. The summed E-state index contributed by atoms with van der Waals surface area (Å²) in [6.45, 7) is 3.45. The topological polar surface area (TPSA) is 81.7 Å². The molecule has 1 saturated heterocycles. The van der Waals surface area contributed by atoms with Gasteiger partial charge in [0.15, 0.2) is 0 Å². The van der Waals surface area contributed by atoms with Gasteiger partial charge in [-0.1, -0.05) is 48.5 Å². The van der Waals surface area contributed by atoms with Crippen molar-refractivity contribution in [3.63, 3.8) is 0 Å². The third-order valence-corrected chi connectivity index (χ3v) is 9.13. The average Bonchev–Trinajstić information content (AvgIpc) is 3.49. The van der Waals surface area contributed by atoms with Crippen molar-refractivity contribution < 1.29 is 19.0 Å². The minimum absolute atomic E-state index is 0.0944. The first-order valence-corrected chi connectivity index (χ1v) is 15.9. The van der Waals surface area contributed by atoms with E-state index in [-0.39, 0.29) is 22.9 Å². The van der Waals surface area contributed by atoms with Crippen molar-refractivity contribution in [1.29, 1.82) is 0 Å². The molecule has 2 N–H and O–H groups in total. The molecule has 8 heteroatoms. The second kappa shape index (κ2) is 13.8. The van der Waals surface area contributed by atoms with Crippen LogP contribution >= 0.6 is 0 Å². The van der Waals surface area contributed by atoms with Gasteiger partial charge in [-0.05, 0) is 80.4 Å². The number of aromatic nitrogens is 2. The summed E-state index contributed by atoms with van der Waals surface area (Å²) in [6, 6.07) is 24.3. The number of amides is 1. The molecular weight excluding hydrogens is 579 g/mol. The first-order valence-electron chi connectivity index (χ1n) is 15.9. The fourth-order valence-electron chi connectivity index (χ4n) is 6.37. The SMILES string of the molecule is CN(C)CCOCC1(Cc2ccc(F)cc2)CCN(C(=O)Cc2ccc(-c3cccc(-c4cc5ccncc5[nH]4)c3O)cc2)CC1. The van der Waals surface area contributed by atoms with Crippen LogP contribution in [0.4, 0.5) is 4.39 Å². The zero-order valence-electron chi connectivity index (χ0n) is 26.5. The number of pyridine rings is 1. The molecule has 3 heterocycles. The van der Waals surface area contributed by atoms with Crippen LogP contribution in [-0.4, -0.2) is 77.7 Å². The number of nitrogens with one attached hydrogen (secondary N) is 1. The monoisotopic (exact) mass is 620 g/mol. The lowest BCUT2D eigenvalue weighted by Crippen LogP contribution is -2.46. The summed E-state index contributed by atoms with van der Waals surface area (Å²) in [5, 5.41) is 12.3. The van der Waals surface area contributed by atoms with Gasteiger partial charge < -0.3 is 24.6 Å². The van der Waals surface area contributed by atoms with E-state index in [4.69, 9.17) is 4.74 Å². The van der Waals surface area contributed by atoms with Crippen LogP contribution in [-0.2, 0) is 22.4 Å². The number of nitrogens with zero attached hydrogens (tertiary/aromatic N) is 3. The number of hydrogen-bond donors (Lipinski definition) is 2. The molecule has 0 unspecified atom stereocenters. The minimum Gasteiger partial charge on any atom is -0.507 e. The molecule has 238 valence electrons. The summed E-state index contributed by atoms with van der Waals surface area (Å²) in [6.07, 6.45) is 6.31. The third kappa shape index (κ3) is 7.30. The molecular formula is C38H41FN4O3. The molecule has 7 nitrogen and oxygen atoms in total. The Labute approximate surface area is 269 Å². The van der Waals surface area contributed by atoms with Crippen molar-refractivity contribution in [1.82, 2.24) is 19.8 Å². The highest BCUT2D eigenvalue weighted by molar-refractivity contribution is 5.89. The van der Waals surface area contributed by atoms with Gasteiger partial charge in [-0.15, -0.1) is 0 Å². The number of piperidine rings is 1. The molecule has 1 amide bonds. The Kier molecular flexibility index (Phi) is 9.47. The molecule has 0 spiro atoms. The zero-order valence-corrected chi connectivity index (χ0v) is 26.5. The number of para-hydroxylation sites is 1. The number of halogens is 1. The fourth-order valence-corrected chi connectivity index (χ4v) is 6.37. The number of fused-ring (bicyclic) bond motifs is 1. The van der Waals surface area contributed by atoms with E-state index in [1.165, 1.54) is 12.1 Å². The fraction of sp³-hybridized carbons (Fsp3) is 0.316. The van der Waals surface area contributed by atoms with E-state index >= 15 is 0 Å². The summed E-state index contributed by atoms with van der Waals surface area (Å²) in [7, 11) is 4.06. The molecule has 0 radical (unpaired) electrons. The Bertz CT molecular complexity index is 1740. The molecule has 0 saturated carbocycles. The Morgan fingerprint density at radius 2 is 1.72 bits per heavy atom. The molecule has 1 aliphatic rings. The van der Waals surface area contributed by atoms with Crippen LogP contribution < -0.4 is 0 Å². The highest BCUT2D eigenvalue weighted by Gasteiger charge is 2.36. The molecule has 0 atom stereocenters. The van der Waals surface area contributed by atoms with Gasteiger partial charge >= 0.3 is 0 Å². The number of ether oxygens (including phenoxy) is 1. The summed E-state index contributed by atoms with van der Waals surface area (Å²) in [5.41, 5.74) is 6.00. The first-order chi connectivity index (χ1) is 22.3. The highest BCUT2D eigenvalue weighted by Crippen LogP contribution is 2.39. The van der Waals surface area contributed by atoms with Gasteiger partial charge in [-0.3, -0.25) is 9.78 Å². The van der Waals surface area contributed by atoms with E-state index < -0.39 is 0 Å². The Morgan fingerprint density at radius 3 is 2.43 bits per heavy atom. The van der Waals surface area contributed by atoms with E-state index in [1.54, 1.807) is 12.4 Å². The number of phenolic OH excluding ortho intramolecular Hbond substituents is 1.